The van der Waals surface area contributed by atoms with E-state index in [2.05, 4.69) is 135 Å². The number of rotatable bonds is 58. The molecule has 3 atom stereocenters. The van der Waals surface area contributed by atoms with Gasteiger partial charge in [0.25, 0.3) is 0 Å². The lowest BCUT2D eigenvalue weighted by molar-refractivity contribution is -0.870. The first-order valence-electron chi connectivity index (χ1n) is 32.9. The minimum Gasteiger partial charge on any atom is -0.456 e. The average molecular weight is 1150 g/mol. The molecule has 0 aromatic carbocycles. The van der Waals surface area contributed by atoms with Gasteiger partial charge in [-0.2, -0.15) is 0 Å². The van der Waals surface area contributed by atoms with Crippen molar-refractivity contribution < 1.29 is 37.3 Å². The van der Waals surface area contributed by atoms with Crippen molar-refractivity contribution in [3.05, 3.63) is 122 Å². The highest BCUT2D eigenvalue weighted by Gasteiger charge is 2.30. The maximum absolute atomic E-state index is 13.6. The Kier molecular flexibility index (Phi) is 56.9. The first-order valence-corrected chi connectivity index (χ1v) is 34.4. The Balaban J connectivity index is 5.32. The second-order valence-electron chi connectivity index (χ2n) is 22.9. The summed E-state index contributed by atoms with van der Waals surface area (Å²) in [5.74, 6) is -0.553. The van der Waals surface area contributed by atoms with Crippen LogP contribution in [0.4, 0.5) is 0 Å². The zero-order valence-corrected chi connectivity index (χ0v) is 53.9. The summed E-state index contributed by atoms with van der Waals surface area (Å²) >= 11 is 0. The lowest BCUT2D eigenvalue weighted by atomic mass is 10.0. The van der Waals surface area contributed by atoms with Crippen LogP contribution in [0.2, 0.25) is 0 Å². The summed E-state index contributed by atoms with van der Waals surface area (Å²) < 4.78 is 30.7. The molecule has 0 saturated carbocycles. The van der Waals surface area contributed by atoms with Gasteiger partial charge in [0.1, 0.15) is 19.3 Å². The monoisotopic (exact) mass is 1150 g/mol. The zero-order valence-electron chi connectivity index (χ0n) is 53.0. The molecule has 0 aliphatic heterocycles. The SMILES string of the molecule is CC/C=C\C/C=C\C/C=C\C/C=C\C/C=C\CCCCCCCC(=O)NC(COP(=O)(O)OCC[N+](C)(C)C)C(/C=C/CCCCCCCCCCCCC)OC(=O)CCCCCCC/C=C\C/C=C\C/C=C\C/C=C\CCCCC. The van der Waals surface area contributed by atoms with Gasteiger partial charge < -0.3 is 19.4 Å². The van der Waals surface area contributed by atoms with Crippen LogP contribution >= 0.6 is 7.82 Å². The molecule has 3 unspecified atom stereocenters. The van der Waals surface area contributed by atoms with Crippen LogP contribution in [0.3, 0.4) is 0 Å². The predicted molar refractivity (Wildman–Crippen MR) is 350 cm³/mol. The third-order valence-electron chi connectivity index (χ3n) is 13.9. The number of hydrogen-bond acceptors (Lipinski definition) is 6. The molecule has 0 aliphatic carbocycles. The van der Waals surface area contributed by atoms with Crippen LogP contribution in [0.5, 0.6) is 0 Å². The van der Waals surface area contributed by atoms with Crippen LogP contribution < -0.4 is 5.32 Å². The van der Waals surface area contributed by atoms with Crippen molar-refractivity contribution in [1.82, 2.24) is 5.32 Å². The Hall–Kier alpha value is -3.59. The first-order chi connectivity index (χ1) is 39.4. The van der Waals surface area contributed by atoms with Gasteiger partial charge >= 0.3 is 13.8 Å². The van der Waals surface area contributed by atoms with Gasteiger partial charge in [-0.15, -0.1) is 0 Å². The van der Waals surface area contributed by atoms with E-state index in [1.165, 1.54) is 83.5 Å². The molecular formula is C71H124N2O7P+. The van der Waals surface area contributed by atoms with Crippen LogP contribution in [0, 0.1) is 0 Å². The maximum Gasteiger partial charge on any atom is 0.472 e. The van der Waals surface area contributed by atoms with E-state index in [1.807, 2.05) is 33.3 Å². The van der Waals surface area contributed by atoms with Crippen molar-refractivity contribution in [2.75, 3.05) is 40.9 Å². The second kappa shape index (κ2) is 59.6. The van der Waals surface area contributed by atoms with Crippen molar-refractivity contribution in [2.45, 2.75) is 277 Å². The number of ether oxygens (including phenoxy) is 1. The van der Waals surface area contributed by atoms with Gasteiger partial charge in [0.15, 0.2) is 0 Å². The van der Waals surface area contributed by atoms with E-state index in [1.54, 1.807) is 0 Å². The van der Waals surface area contributed by atoms with E-state index in [0.29, 0.717) is 23.9 Å². The molecular weight excluding hydrogens is 1020 g/mol. The first kappa shape index (κ1) is 77.4. The standard InChI is InChI=1S/C71H123N2O7P/c1-7-10-13-16-19-22-25-28-30-32-34-36-38-40-42-45-48-51-54-57-60-63-70(74)72-68(67-79-81(76,77)78-66-65-73(4,5)6)69(62-59-56-53-50-47-44-27-24-21-18-15-12-9-3)80-71(75)64-61-58-55-52-49-46-43-41-39-37-35-33-31-29-26-23-20-17-14-11-8-2/h10,13,19-20,22-23,28-31,34-37,40-43,59,62,68-69H,7-9,11-12,14-18,21,24-27,32-33,38-39,44-58,60-61,63-67H2,1-6H3,(H-,72,74,76,77)/p+1/b13-10-,22-19-,23-20-,30-28-,31-29-,36-34-,37-35-,42-40-,43-41-,62-59+. The summed E-state index contributed by atoms with van der Waals surface area (Å²) in [6.07, 6.45) is 83.3. The largest absolute Gasteiger partial charge is 0.472 e. The lowest BCUT2D eigenvalue weighted by Gasteiger charge is -2.27. The fourth-order valence-electron chi connectivity index (χ4n) is 8.83. The van der Waals surface area contributed by atoms with Crippen molar-refractivity contribution in [1.29, 1.82) is 0 Å². The van der Waals surface area contributed by atoms with E-state index >= 15 is 0 Å². The number of carbonyl (C=O) groups excluding carboxylic acids is 2. The molecule has 0 aromatic rings. The van der Waals surface area contributed by atoms with E-state index in [0.717, 1.165) is 141 Å². The highest BCUT2D eigenvalue weighted by Crippen LogP contribution is 2.43. The number of carbonyl (C=O) groups is 2. The summed E-state index contributed by atoms with van der Waals surface area (Å²) in [5.41, 5.74) is 0. The third-order valence-corrected chi connectivity index (χ3v) is 14.9. The van der Waals surface area contributed by atoms with E-state index in [-0.39, 0.29) is 31.5 Å². The molecule has 0 radical (unpaired) electrons. The highest BCUT2D eigenvalue weighted by atomic mass is 31.2. The van der Waals surface area contributed by atoms with Crippen LogP contribution in [-0.2, 0) is 27.9 Å². The summed E-state index contributed by atoms with van der Waals surface area (Å²) in [6, 6.07) is -0.876. The number of nitrogens with zero attached hydrogens (tertiary/aromatic N) is 1. The van der Waals surface area contributed by atoms with Crippen molar-refractivity contribution in [3.8, 4) is 0 Å². The molecule has 0 aliphatic rings. The van der Waals surface area contributed by atoms with Crippen LogP contribution in [0.25, 0.3) is 0 Å². The van der Waals surface area contributed by atoms with Crippen LogP contribution in [0.15, 0.2) is 122 Å². The maximum atomic E-state index is 13.6. The lowest BCUT2D eigenvalue weighted by Crippen LogP contribution is -2.47. The summed E-state index contributed by atoms with van der Waals surface area (Å²) in [5, 5.41) is 3.05. The number of esters is 1. The fraction of sp³-hybridized carbons (Fsp3) is 0.690. The number of phosphoric acid groups is 1. The number of hydrogen-bond donors (Lipinski definition) is 2. The van der Waals surface area contributed by atoms with Gasteiger partial charge in [-0.1, -0.05) is 252 Å². The zero-order chi connectivity index (χ0) is 59.3. The Morgan fingerprint density at radius 3 is 1.21 bits per heavy atom. The predicted octanol–water partition coefficient (Wildman–Crippen LogP) is 20.7. The normalized spacial score (nSPS) is 14.4. The van der Waals surface area contributed by atoms with E-state index in [9.17, 15) is 19.0 Å². The number of nitrogens with one attached hydrogen (secondary N) is 1. The Bertz CT molecular complexity index is 1800. The Morgan fingerprint density at radius 1 is 0.444 bits per heavy atom. The molecule has 0 fully saturated rings. The number of amides is 1. The molecule has 0 saturated heterocycles. The van der Waals surface area contributed by atoms with Crippen molar-refractivity contribution in [2.24, 2.45) is 0 Å². The molecule has 0 bridgehead atoms. The molecule has 1 amide bonds. The Labute approximate surface area is 499 Å². The topological polar surface area (TPSA) is 111 Å². The van der Waals surface area contributed by atoms with E-state index < -0.39 is 20.0 Å². The van der Waals surface area contributed by atoms with Crippen molar-refractivity contribution >= 4 is 19.7 Å². The molecule has 10 heteroatoms. The number of quaternary nitrogens is 1. The molecule has 0 spiro atoms. The van der Waals surface area contributed by atoms with Crippen LogP contribution in [0.1, 0.15) is 265 Å². The van der Waals surface area contributed by atoms with Gasteiger partial charge in [-0.25, -0.2) is 4.57 Å². The third kappa shape index (κ3) is 60.8. The number of likely N-dealkylation sites (N-methyl/N-ethyl adjacent to an activating group) is 1. The molecule has 81 heavy (non-hydrogen) atoms. The van der Waals surface area contributed by atoms with Crippen molar-refractivity contribution in [3.63, 3.8) is 0 Å². The van der Waals surface area contributed by atoms with Crippen LogP contribution in [-0.4, -0.2) is 74.3 Å². The summed E-state index contributed by atoms with van der Waals surface area (Å²) in [6.45, 7) is 6.84. The number of unbranched alkanes of at least 4 members (excludes halogenated alkanes) is 24. The second-order valence-corrected chi connectivity index (χ2v) is 24.4. The minimum atomic E-state index is -4.47. The average Bonchev–Trinajstić information content (AvgIpc) is 3.44. The molecule has 2 N–H and O–H groups in total. The molecule has 464 valence electrons. The van der Waals surface area contributed by atoms with Gasteiger partial charge in [0.2, 0.25) is 5.91 Å². The minimum absolute atomic E-state index is 0.0262. The summed E-state index contributed by atoms with van der Waals surface area (Å²) in [7, 11) is 1.45. The highest BCUT2D eigenvalue weighted by molar-refractivity contribution is 7.47. The van der Waals surface area contributed by atoms with Gasteiger partial charge in [-0.3, -0.25) is 18.6 Å². The molecule has 0 rings (SSSR count). The van der Waals surface area contributed by atoms with E-state index in [4.69, 9.17) is 13.8 Å². The molecule has 9 nitrogen and oxygen atoms in total. The molecule has 0 aromatic heterocycles. The number of phosphoric ester groups is 1. The number of allylic oxidation sites excluding steroid dienone is 19. The quantitative estimate of drug-likeness (QED) is 0.0205. The fourth-order valence-corrected chi connectivity index (χ4v) is 9.57. The van der Waals surface area contributed by atoms with Gasteiger partial charge in [0, 0.05) is 12.8 Å². The molecule has 0 heterocycles. The summed E-state index contributed by atoms with van der Waals surface area (Å²) in [4.78, 5) is 37.8. The van der Waals surface area contributed by atoms with Gasteiger partial charge in [0.05, 0.1) is 33.8 Å². The van der Waals surface area contributed by atoms with Gasteiger partial charge in [-0.05, 0) is 122 Å². The Morgan fingerprint density at radius 2 is 0.790 bits per heavy atom. The smallest absolute Gasteiger partial charge is 0.456 e.